The van der Waals surface area contributed by atoms with Crippen LogP contribution < -0.4 is 0 Å². The van der Waals surface area contributed by atoms with Crippen molar-refractivity contribution in [3.63, 3.8) is 0 Å². The summed E-state index contributed by atoms with van der Waals surface area (Å²) < 4.78 is 5.18. The topological polar surface area (TPSA) is 66.8 Å². The first kappa shape index (κ1) is 14.4. The van der Waals surface area contributed by atoms with Gasteiger partial charge < -0.3 is 14.9 Å². The van der Waals surface area contributed by atoms with Gasteiger partial charge in [0.2, 0.25) is 0 Å². The lowest BCUT2D eigenvalue weighted by atomic mass is 9.96. The molecule has 18 heavy (non-hydrogen) atoms. The van der Waals surface area contributed by atoms with Gasteiger partial charge in [-0.2, -0.15) is 0 Å². The third-order valence-corrected chi connectivity index (χ3v) is 2.84. The van der Waals surface area contributed by atoms with Crippen LogP contribution in [-0.2, 0) is 9.53 Å². The van der Waals surface area contributed by atoms with Crippen molar-refractivity contribution in [2.45, 2.75) is 39.0 Å². The van der Waals surface area contributed by atoms with Gasteiger partial charge >= 0.3 is 5.97 Å². The fourth-order valence-corrected chi connectivity index (χ4v) is 1.71. The van der Waals surface area contributed by atoms with Gasteiger partial charge in [-0.25, -0.2) is 0 Å². The molecule has 1 aromatic carbocycles. The summed E-state index contributed by atoms with van der Waals surface area (Å²) in [5.41, 5.74) is 0.661. The molecule has 0 amide bonds. The zero-order valence-electron chi connectivity index (χ0n) is 10.8. The Morgan fingerprint density at radius 2 is 2.00 bits per heavy atom. The van der Waals surface area contributed by atoms with E-state index in [0.717, 1.165) is 12.8 Å². The second-order valence-corrected chi connectivity index (χ2v) is 4.23. The molecule has 0 spiro atoms. The van der Waals surface area contributed by atoms with Crippen LogP contribution in [0.2, 0.25) is 0 Å². The SMILES string of the molecule is CCCCOC(=O)C(CC)c1ccc(O)c(O)c1. The first-order valence-corrected chi connectivity index (χ1v) is 6.28. The summed E-state index contributed by atoms with van der Waals surface area (Å²) in [6, 6.07) is 4.42. The molecule has 0 fully saturated rings. The van der Waals surface area contributed by atoms with Crippen molar-refractivity contribution in [3.05, 3.63) is 23.8 Å². The molecule has 0 aromatic heterocycles. The van der Waals surface area contributed by atoms with Crippen LogP contribution in [0.1, 0.15) is 44.6 Å². The number of rotatable bonds is 6. The van der Waals surface area contributed by atoms with Crippen molar-refractivity contribution in [3.8, 4) is 11.5 Å². The molecule has 0 aliphatic carbocycles. The van der Waals surface area contributed by atoms with Crippen LogP contribution in [0.4, 0.5) is 0 Å². The fourth-order valence-electron chi connectivity index (χ4n) is 1.71. The predicted molar refractivity (Wildman–Crippen MR) is 68.7 cm³/mol. The Morgan fingerprint density at radius 3 is 2.56 bits per heavy atom. The van der Waals surface area contributed by atoms with Crippen molar-refractivity contribution in [2.24, 2.45) is 0 Å². The van der Waals surface area contributed by atoms with Crippen molar-refractivity contribution < 1.29 is 19.7 Å². The molecule has 4 heteroatoms. The summed E-state index contributed by atoms with van der Waals surface area (Å²) in [5, 5.41) is 18.7. The van der Waals surface area contributed by atoms with Crippen molar-refractivity contribution >= 4 is 5.97 Å². The van der Waals surface area contributed by atoms with Gasteiger partial charge in [-0.3, -0.25) is 4.79 Å². The zero-order valence-corrected chi connectivity index (χ0v) is 10.8. The number of phenolic OH excluding ortho intramolecular Hbond substituents is 2. The predicted octanol–water partition coefficient (Wildman–Crippen LogP) is 2.93. The summed E-state index contributed by atoms with van der Waals surface area (Å²) >= 11 is 0. The first-order chi connectivity index (χ1) is 8.60. The molecule has 1 atom stereocenters. The Balaban J connectivity index is 2.75. The van der Waals surface area contributed by atoms with E-state index in [1.165, 1.54) is 12.1 Å². The normalized spacial score (nSPS) is 12.1. The van der Waals surface area contributed by atoms with Gasteiger partial charge in [0.15, 0.2) is 11.5 Å². The minimum Gasteiger partial charge on any atom is -0.504 e. The Hall–Kier alpha value is -1.71. The number of phenols is 2. The van der Waals surface area contributed by atoms with Crippen molar-refractivity contribution in [1.82, 2.24) is 0 Å². The van der Waals surface area contributed by atoms with E-state index in [1.807, 2.05) is 13.8 Å². The number of esters is 1. The molecule has 100 valence electrons. The van der Waals surface area contributed by atoms with Crippen LogP contribution in [0, 0.1) is 0 Å². The van der Waals surface area contributed by atoms with E-state index in [2.05, 4.69) is 0 Å². The van der Waals surface area contributed by atoms with Crippen LogP contribution >= 0.6 is 0 Å². The summed E-state index contributed by atoms with van der Waals surface area (Å²) in [7, 11) is 0. The molecule has 0 saturated heterocycles. The van der Waals surface area contributed by atoms with E-state index in [9.17, 15) is 15.0 Å². The maximum Gasteiger partial charge on any atom is 0.313 e. The summed E-state index contributed by atoms with van der Waals surface area (Å²) in [6.07, 6.45) is 2.42. The van der Waals surface area contributed by atoms with Gasteiger partial charge in [0, 0.05) is 0 Å². The molecular weight excluding hydrogens is 232 g/mol. The van der Waals surface area contributed by atoms with Crippen LogP contribution in [0.25, 0.3) is 0 Å². The van der Waals surface area contributed by atoms with Gasteiger partial charge in [0.25, 0.3) is 0 Å². The molecule has 1 rings (SSSR count). The molecule has 4 nitrogen and oxygen atoms in total. The highest BCUT2D eigenvalue weighted by Gasteiger charge is 2.21. The highest BCUT2D eigenvalue weighted by Crippen LogP contribution is 2.30. The largest absolute Gasteiger partial charge is 0.504 e. The van der Waals surface area contributed by atoms with E-state index in [1.54, 1.807) is 6.07 Å². The highest BCUT2D eigenvalue weighted by atomic mass is 16.5. The van der Waals surface area contributed by atoms with Crippen LogP contribution in [0.3, 0.4) is 0 Å². The van der Waals surface area contributed by atoms with Crippen LogP contribution in [-0.4, -0.2) is 22.8 Å². The van der Waals surface area contributed by atoms with Gasteiger partial charge in [-0.15, -0.1) is 0 Å². The van der Waals surface area contributed by atoms with E-state index in [4.69, 9.17) is 4.74 Å². The van der Waals surface area contributed by atoms with E-state index >= 15 is 0 Å². The van der Waals surface area contributed by atoms with Gasteiger partial charge in [-0.1, -0.05) is 26.3 Å². The van der Waals surface area contributed by atoms with Gasteiger partial charge in [0.05, 0.1) is 12.5 Å². The molecule has 0 bridgehead atoms. The first-order valence-electron chi connectivity index (χ1n) is 6.28. The van der Waals surface area contributed by atoms with Crippen LogP contribution in [0.15, 0.2) is 18.2 Å². The lowest BCUT2D eigenvalue weighted by Crippen LogP contribution is -2.16. The maximum atomic E-state index is 11.9. The number of hydrogen-bond acceptors (Lipinski definition) is 4. The minimum atomic E-state index is -0.395. The number of ether oxygens (including phenoxy) is 1. The number of carbonyl (C=O) groups excluding carboxylic acids is 1. The molecule has 1 aromatic rings. The average Bonchev–Trinajstić information content (AvgIpc) is 2.35. The molecule has 0 aliphatic rings. The van der Waals surface area contributed by atoms with Crippen LogP contribution in [0.5, 0.6) is 11.5 Å². The molecular formula is C14H20O4. The molecule has 1 unspecified atom stereocenters. The number of hydrogen-bond donors (Lipinski definition) is 2. The number of aromatic hydroxyl groups is 2. The second-order valence-electron chi connectivity index (χ2n) is 4.23. The average molecular weight is 252 g/mol. The summed E-state index contributed by atoms with van der Waals surface area (Å²) in [6.45, 7) is 4.34. The fraction of sp³-hybridized carbons (Fsp3) is 0.500. The summed E-state index contributed by atoms with van der Waals surface area (Å²) in [4.78, 5) is 11.9. The minimum absolute atomic E-state index is 0.187. The van der Waals surface area contributed by atoms with E-state index in [0.29, 0.717) is 18.6 Å². The standard InChI is InChI=1S/C14H20O4/c1-3-5-8-18-14(17)11(4-2)10-6-7-12(15)13(16)9-10/h6-7,9,11,15-16H,3-5,8H2,1-2H3. The lowest BCUT2D eigenvalue weighted by Gasteiger charge is -2.15. The highest BCUT2D eigenvalue weighted by molar-refractivity contribution is 5.78. The zero-order chi connectivity index (χ0) is 13.5. The molecule has 0 saturated carbocycles. The number of carbonyl (C=O) groups is 1. The molecule has 0 aliphatic heterocycles. The Morgan fingerprint density at radius 1 is 1.28 bits per heavy atom. The van der Waals surface area contributed by atoms with Crippen molar-refractivity contribution in [1.29, 1.82) is 0 Å². The van der Waals surface area contributed by atoms with Crippen molar-refractivity contribution in [2.75, 3.05) is 6.61 Å². The smallest absolute Gasteiger partial charge is 0.313 e. The monoisotopic (exact) mass is 252 g/mol. The molecule has 0 heterocycles. The second kappa shape index (κ2) is 6.89. The Bertz CT molecular complexity index is 401. The molecule has 0 radical (unpaired) electrons. The Kier molecular flexibility index (Phi) is 5.49. The molecule has 2 N–H and O–H groups in total. The maximum absolute atomic E-state index is 11.9. The van der Waals surface area contributed by atoms with E-state index < -0.39 is 5.92 Å². The number of benzene rings is 1. The van der Waals surface area contributed by atoms with Gasteiger partial charge in [0.1, 0.15) is 0 Å². The lowest BCUT2D eigenvalue weighted by molar-refractivity contribution is -0.145. The third-order valence-electron chi connectivity index (χ3n) is 2.84. The van der Waals surface area contributed by atoms with Gasteiger partial charge in [-0.05, 0) is 30.5 Å². The van der Waals surface area contributed by atoms with E-state index in [-0.39, 0.29) is 17.5 Å². The number of unbranched alkanes of at least 4 members (excludes halogenated alkanes) is 1. The summed E-state index contributed by atoms with van der Waals surface area (Å²) in [5.74, 6) is -1.08. The third kappa shape index (κ3) is 3.65. The quantitative estimate of drug-likeness (QED) is 0.464. The Labute approximate surface area is 107 Å².